The van der Waals surface area contributed by atoms with E-state index < -0.39 is 6.04 Å². The van der Waals surface area contributed by atoms with Gasteiger partial charge < -0.3 is 10.6 Å². The summed E-state index contributed by atoms with van der Waals surface area (Å²) in [5, 5.41) is 0. The third kappa shape index (κ3) is 3.40. The van der Waals surface area contributed by atoms with E-state index in [1.54, 1.807) is 7.05 Å². The fourth-order valence-corrected chi connectivity index (χ4v) is 0.932. The van der Waals surface area contributed by atoms with E-state index in [0.29, 0.717) is 13.0 Å². The number of terminal acetylenes is 1. The number of likely N-dealkylation sites (N-methyl/N-ethyl adjacent to an activating group) is 1. The fourth-order valence-electron chi connectivity index (χ4n) is 0.932. The van der Waals surface area contributed by atoms with E-state index in [-0.39, 0.29) is 5.91 Å². The predicted octanol–water partition coefficient (Wildman–Crippen LogP) is 0.205. The smallest absolute Gasteiger partial charge is 0.240 e. The van der Waals surface area contributed by atoms with E-state index in [9.17, 15) is 4.79 Å². The van der Waals surface area contributed by atoms with Gasteiger partial charge in [0.15, 0.2) is 0 Å². The molecule has 0 spiro atoms. The van der Waals surface area contributed by atoms with Crippen LogP contribution in [0.1, 0.15) is 19.8 Å². The minimum absolute atomic E-state index is 0.0743. The second-order valence-corrected chi connectivity index (χ2v) is 2.79. The molecule has 0 aromatic carbocycles. The standard InChI is InChI=1S/C9H16N2O/c1-4-6-8(10)9(12)11(3)7-5-2/h2,8H,4,6-7,10H2,1,3H3/t8-/m0/s1. The number of carbonyl (C=O) groups excluding carboxylic acids is 1. The SMILES string of the molecule is C#CCN(C)C(=O)[C@@H](N)CCC. The maximum Gasteiger partial charge on any atom is 0.240 e. The first-order valence-corrected chi connectivity index (χ1v) is 4.07. The van der Waals surface area contributed by atoms with Gasteiger partial charge in [-0.25, -0.2) is 0 Å². The number of nitrogens with two attached hydrogens (primary N) is 1. The Labute approximate surface area is 73.9 Å². The van der Waals surface area contributed by atoms with Crippen LogP contribution >= 0.6 is 0 Å². The molecule has 68 valence electrons. The molecule has 1 atom stereocenters. The largest absolute Gasteiger partial charge is 0.333 e. The molecule has 3 heteroatoms. The van der Waals surface area contributed by atoms with E-state index in [1.165, 1.54) is 4.90 Å². The zero-order valence-electron chi connectivity index (χ0n) is 7.71. The van der Waals surface area contributed by atoms with Crippen LogP contribution in [0.2, 0.25) is 0 Å². The monoisotopic (exact) mass is 168 g/mol. The zero-order chi connectivity index (χ0) is 9.56. The fraction of sp³-hybridized carbons (Fsp3) is 0.667. The maximum absolute atomic E-state index is 11.3. The normalized spacial score (nSPS) is 11.8. The predicted molar refractivity (Wildman–Crippen MR) is 49.4 cm³/mol. The van der Waals surface area contributed by atoms with Gasteiger partial charge >= 0.3 is 0 Å². The van der Waals surface area contributed by atoms with Crippen LogP contribution in [-0.2, 0) is 4.79 Å². The Morgan fingerprint density at radius 1 is 1.75 bits per heavy atom. The van der Waals surface area contributed by atoms with Crippen LogP contribution in [0, 0.1) is 12.3 Å². The molecule has 0 aromatic rings. The van der Waals surface area contributed by atoms with Crippen LogP contribution < -0.4 is 5.73 Å². The molecule has 0 saturated carbocycles. The highest BCUT2D eigenvalue weighted by Crippen LogP contribution is 1.97. The van der Waals surface area contributed by atoms with E-state index >= 15 is 0 Å². The summed E-state index contributed by atoms with van der Waals surface area (Å²) in [5.41, 5.74) is 5.60. The molecule has 0 radical (unpaired) electrons. The molecule has 2 N–H and O–H groups in total. The van der Waals surface area contributed by atoms with Crippen molar-refractivity contribution in [3.05, 3.63) is 0 Å². The van der Waals surface area contributed by atoms with Crippen LogP contribution in [-0.4, -0.2) is 30.4 Å². The Balaban J connectivity index is 3.93. The third-order valence-electron chi connectivity index (χ3n) is 1.62. The van der Waals surface area contributed by atoms with Crippen molar-refractivity contribution in [3.8, 4) is 12.3 Å². The first-order chi connectivity index (χ1) is 5.63. The van der Waals surface area contributed by atoms with Crippen LogP contribution in [0.3, 0.4) is 0 Å². The highest BCUT2D eigenvalue weighted by Gasteiger charge is 2.15. The number of hydrogen-bond donors (Lipinski definition) is 1. The first-order valence-electron chi connectivity index (χ1n) is 4.07. The summed E-state index contributed by atoms with van der Waals surface area (Å²) in [5.74, 6) is 2.32. The van der Waals surface area contributed by atoms with Crippen molar-refractivity contribution in [1.82, 2.24) is 4.90 Å². The highest BCUT2D eigenvalue weighted by atomic mass is 16.2. The quantitative estimate of drug-likeness (QED) is 0.610. The Morgan fingerprint density at radius 2 is 2.33 bits per heavy atom. The van der Waals surface area contributed by atoms with Crippen molar-refractivity contribution in [2.24, 2.45) is 5.73 Å². The minimum atomic E-state index is -0.395. The van der Waals surface area contributed by atoms with Crippen molar-refractivity contribution < 1.29 is 4.79 Å². The number of rotatable bonds is 4. The van der Waals surface area contributed by atoms with E-state index in [1.807, 2.05) is 6.92 Å². The summed E-state index contributed by atoms with van der Waals surface area (Å²) in [4.78, 5) is 12.8. The van der Waals surface area contributed by atoms with Crippen molar-refractivity contribution >= 4 is 5.91 Å². The van der Waals surface area contributed by atoms with Gasteiger partial charge in [0, 0.05) is 7.05 Å². The molecule has 12 heavy (non-hydrogen) atoms. The average molecular weight is 168 g/mol. The molecule has 0 aliphatic rings. The van der Waals surface area contributed by atoms with E-state index in [0.717, 1.165) is 6.42 Å². The van der Waals surface area contributed by atoms with Crippen LogP contribution in [0.25, 0.3) is 0 Å². The van der Waals surface area contributed by atoms with Gasteiger partial charge in [0.25, 0.3) is 0 Å². The number of amides is 1. The van der Waals surface area contributed by atoms with Gasteiger partial charge in [-0.15, -0.1) is 6.42 Å². The molecule has 0 heterocycles. The Morgan fingerprint density at radius 3 is 2.75 bits per heavy atom. The van der Waals surface area contributed by atoms with Gasteiger partial charge in [-0.3, -0.25) is 4.79 Å². The van der Waals surface area contributed by atoms with Gasteiger partial charge in [-0.05, 0) is 6.42 Å². The van der Waals surface area contributed by atoms with Crippen LogP contribution in [0.4, 0.5) is 0 Å². The topological polar surface area (TPSA) is 46.3 Å². The summed E-state index contributed by atoms with van der Waals surface area (Å²) in [6.07, 6.45) is 6.69. The third-order valence-corrected chi connectivity index (χ3v) is 1.62. The molecule has 3 nitrogen and oxygen atoms in total. The summed E-state index contributed by atoms with van der Waals surface area (Å²) >= 11 is 0. The lowest BCUT2D eigenvalue weighted by Gasteiger charge is -2.18. The van der Waals surface area contributed by atoms with E-state index in [4.69, 9.17) is 12.2 Å². The molecule has 0 aliphatic carbocycles. The van der Waals surface area contributed by atoms with Gasteiger partial charge in [0.1, 0.15) is 0 Å². The van der Waals surface area contributed by atoms with Gasteiger partial charge in [0.05, 0.1) is 12.6 Å². The van der Waals surface area contributed by atoms with Gasteiger partial charge in [-0.1, -0.05) is 19.3 Å². The summed E-state index contributed by atoms with van der Waals surface area (Å²) in [7, 11) is 1.66. The van der Waals surface area contributed by atoms with Crippen molar-refractivity contribution in [2.75, 3.05) is 13.6 Å². The lowest BCUT2D eigenvalue weighted by molar-refractivity contribution is -0.130. The highest BCUT2D eigenvalue weighted by molar-refractivity contribution is 5.81. The lowest BCUT2D eigenvalue weighted by Crippen LogP contribution is -2.41. The van der Waals surface area contributed by atoms with Crippen molar-refractivity contribution in [1.29, 1.82) is 0 Å². The van der Waals surface area contributed by atoms with Crippen molar-refractivity contribution in [2.45, 2.75) is 25.8 Å². The van der Waals surface area contributed by atoms with Crippen LogP contribution in [0.5, 0.6) is 0 Å². The second kappa shape index (κ2) is 5.62. The molecule has 0 saturated heterocycles. The number of nitrogens with zero attached hydrogens (tertiary/aromatic N) is 1. The molecule has 0 rings (SSSR count). The molecule has 0 unspecified atom stereocenters. The van der Waals surface area contributed by atoms with Crippen molar-refractivity contribution in [3.63, 3.8) is 0 Å². The molecule has 0 aliphatic heterocycles. The minimum Gasteiger partial charge on any atom is -0.333 e. The molecular formula is C9H16N2O. The Bertz CT molecular complexity index is 183. The summed E-state index contributed by atoms with van der Waals surface area (Å²) in [6.45, 7) is 2.32. The van der Waals surface area contributed by atoms with E-state index in [2.05, 4.69) is 5.92 Å². The molecule has 1 amide bonds. The molecule has 0 fully saturated rings. The number of hydrogen-bond acceptors (Lipinski definition) is 2. The molecular weight excluding hydrogens is 152 g/mol. The maximum atomic E-state index is 11.3. The molecule has 0 bridgehead atoms. The lowest BCUT2D eigenvalue weighted by atomic mass is 10.1. The molecule has 0 aromatic heterocycles. The Hall–Kier alpha value is -1.01. The van der Waals surface area contributed by atoms with Gasteiger partial charge in [0.2, 0.25) is 5.91 Å². The first kappa shape index (κ1) is 11.0. The number of carbonyl (C=O) groups is 1. The zero-order valence-corrected chi connectivity index (χ0v) is 7.71. The second-order valence-electron chi connectivity index (χ2n) is 2.79. The van der Waals surface area contributed by atoms with Crippen LogP contribution in [0.15, 0.2) is 0 Å². The summed E-state index contributed by atoms with van der Waals surface area (Å²) < 4.78 is 0. The average Bonchev–Trinajstić information content (AvgIpc) is 2.04. The van der Waals surface area contributed by atoms with Gasteiger partial charge in [-0.2, -0.15) is 0 Å². The Kier molecular flexibility index (Phi) is 5.14. The summed E-state index contributed by atoms with van der Waals surface area (Å²) in [6, 6.07) is -0.395.